The van der Waals surface area contributed by atoms with Crippen LogP contribution in [0.3, 0.4) is 0 Å². The molecule has 3 aromatic rings. The molecule has 0 bridgehead atoms. The summed E-state index contributed by atoms with van der Waals surface area (Å²) in [6.07, 6.45) is 0. The Hall–Kier alpha value is -3.27. The summed E-state index contributed by atoms with van der Waals surface area (Å²) in [6, 6.07) is 5.07. The number of nitrogens with zero attached hydrogens (tertiary/aromatic N) is 3. The van der Waals surface area contributed by atoms with E-state index in [4.69, 9.17) is 4.74 Å². The summed E-state index contributed by atoms with van der Waals surface area (Å²) in [5.74, 6) is -0.722. The molecule has 0 N–H and O–H groups in total. The van der Waals surface area contributed by atoms with Crippen LogP contribution in [0.15, 0.2) is 34.4 Å². The van der Waals surface area contributed by atoms with Crippen molar-refractivity contribution in [1.82, 2.24) is 9.38 Å². The highest BCUT2D eigenvalue weighted by Gasteiger charge is 2.19. The van der Waals surface area contributed by atoms with Gasteiger partial charge in [0.05, 0.1) is 23.3 Å². The number of carbonyl (C=O) groups is 1. The zero-order valence-electron chi connectivity index (χ0n) is 13.8. The minimum atomic E-state index is -0.687. The number of aromatic nitrogens is 2. The van der Waals surface area contributed by atoms with E-state index in [0.717, 1.165) is 11.8 Å². The van der Waals surface area contributed by atoms with Gasteiger partial charge in [0.1, 0.15) is 6.61 Å². The average molecular weight is 375 g/mol. The molecular weight excluding hydrogens is 362 g/mol. The number of methoxy groups -OCH3 is 1. The molecule has 0 saturated heterocycles. The highest BCUT2D eigenvalue weighted by Crippen LogP contribution is 2.29. The van der Waals surface area contributed by atoms with Crippen LogP contribution in [-0.4, -0.2) is 27.4 Å². The van der Waals surface area contributed by atoms with E-state index in [1.54, 1.807) is 6.92 Å². The highest BCUT2D eigenvalue weighted by molar-refractivity contribution is 7.15. The average Bonchev–Trinajstić information content (AvgIpc) is 3.00. The van der Waals surface area contributed by atoms with Gasteiger partial charge in [0, 0.05) is 23.2 Å². The van der Waals surface area contributed by atoms with Crippen LogP contribution in [-0.2, 0) is 11.3 Å². The molecule has 0 aliphatic rings. The van der Waals surface area contributed by atoms with E-state index in [2.05, 4.69) is 9.72 Å². The Morgan fingerprint density at radius 2 is 2.15 bits per heavy atom. The molecule has 0 aliphatic heterocycles. The number of benzene rings is 1. The molecule has 2 heterocycles. The molecule has 3 rings (SSSR count). The van der Waals surface area contributed by atoms with Gasteiger partial charge in [-0.25, -0.2) is 9.78 Å². The summed E-state index contributed by atoms with van der Waals surface area (Å²) >= 11 is 1.32. The van der Waals surface area contributed by atoms with Gasteiger partial charge >= 0.3 is 11.7 Å². The second-order valence-electron chi connectivity index (χ2n) is 5.30. The number of esters is 1. The Bertz CT molecular complexity index is 1070. The second-order valence-corrected chi connectivity index (χ2v) is 6.14. The molecule has 0 unspecified atom stereocenters. The van der Waals surface area contributed by atoms with Gasteiger partial charge in [-0.2, -0.15) is 0 Å². The van der Waals surface area contributed by atoms with Crippen molar-refractivity contribution >= 4 is 28.0 Å². The summed E-state index contributed by atoms with van der Waals surface area (Å²) in [4.78, 5) is 39.1. The molecule has 0 amide bonds. The van der Waals surface area contributed by atoms with Crippen molar-refractivity contribution in [1.29, 1.82) is 0 Å². The van der Waals surface area contributed by atoms with E-state index in [1.807, 2.05) is 5.38 Å². The van der Waals surface area contributed by atoms with Crippen molar-refractivity contribution in [2.45, 2.75) is 13.5 Å². The van der Waals surface area contributed by atoms with E-state index in [9.17, 15) is 19.7 Å². The molecule has 0 radical (unpaired) electrons. The van der Waals surface area contributed by atoms with E-state index in [1.165, 1.54) is 41.0 Å². The van der Waals surface area contributed by atoms with Gasteiger partial charge < -0.3 is 9.47 Å². The van der Waals surface area contributed by atoms with Gasteiger partial charge in [-0.15, -0.1) is 11.3 Å². The molecule has 9 nitrogen and oxygen atoms in total. The molecule has 0 spiro atoms. The number of hydrogen-bond donors (Lipinski definition) is 0. The highest BCUT2D eigenvalue weighted by atomic mass is 32.1. The molecular formula is C16H13N3O6S. The smallest absolute Gasteiger partial charge is 0.338 e. The lowest BCUT2D eigenvalue weighted by atomic mass is 10.2. The zero-order chi connectivity index (χ0) is 18.8. The van der Waals surface area contributed by atoms with Crippen LogP contribution in [0.4, 0.5) is 5.69 Å². The maximum absolute atomic E-state index is 12.1. The predicted molar refractivity (Wildman–Crippen MR) is 92.8 cm³/mol. The fourth-order valence-electron chi connectivity index (χ4n) is 2.35. The lowest BCUT2D eigenvalue weighted by Gasteiger charge is -2.08. The van der Waals surface area contributed by atoms with Crippen molar-refractivity contribution in [3.8, 4) is 5.75 Å². The Morgan fingerprint density at radius 3 is 2.85 bits per heavy atom. The summed E-state index contributed by atoms with van der Waals surface area (Å²) in [5.41, 5.74) is 0.547. The quantitative estimate of drug-likeness (QED) is 0.382. The van der Waals surface area contributed by atoms with E-state index in [-0.39, 0.29) is 29.2 Å². The van der Waals surface area contributed by atoms with Crippen LogP contribution in [0, 0.1) is 17.0 Å². The maximum atomic E-state index is 12.1. The van der Waals surface area contributed by atoms with Crippen molar-refractivity contribution < 1.29 is 19.2 Å². The monoisotopic (exact) mass is 375 g/mol. The van der Waals surface area contributed by atoms with Gasteiger partial charge in [-0.05, 0) is 19.1 Å². The lowest BCUT2D eigenvalue weighted by molar-refractivity contribution is -0.386. The fraction of sp³-hybridized carbons (Fsp3) is 0.188. The lowest BCUT2D eigenvalue weighted by Crippen LogP contribution is -2.16. The summed E-state index contributed by atoms with van der Waals surface area (Å²) in [7, 11) is 1.19. The number of nitro benzene ring substituents is 1. The van der Waals surface area contributed by atoms with Crippen molar-refractivity contribution in [3.05, 3.63) is 67.1 Å². The first-order chi connectivity index (χ1) is 12.4. The molecule has 0 fully saturated rings. The van der Waals surface area contributed by atoms with Crippen molar-refractivity contribution in [2.24, 2.45) is 0 Å². The molecule has 10 heteroatoms. The molecule has 26 heavy (non-hydrogen) atoms. The van der Waals surface area contributed by atoms with Crippen LogP contribution in [0.5, 0.6) is 5.75 Å². The van der Waals surface area contributed by atoms with E-state index in [0.29, 0.717) is 10.7 Å². The second kappa shape index (κ2) is 6.92. The molecule has 0 atom stereocenters. The van der Waals surface area contributed by atoms with E-state index < -0.39 is 10.9 Å². The standard InChI is InChI=1S/C16H13N3O6S/c1-9-8-26-16-17-11(6-14(20)18(9)16)7-25-13-4-3-10(15(21)24-2)5-12(13)19(22)23/h3-6,8H,7H2,1-2H3. The van der Waals surface area contributed by atoms with Gasteiger partial charge in [-0.3, -0.25) is 19.3 Å². The molecule has 0 saturated carbocycles. The van der Waals surface area contributed by atoms with Crippen LogP contribution in [0.25, 0.3) is 4.96 Å². The zero-order valence-corrected chi connectivity index (χ0v) is 14.6. The molecule has 1 aromatic carbocycles. The Labute approximate surface area is 150 Å². The number of nitro groups is 1. The SMILES string of the molecule is COC(=O)c1ccc(OCc2cc(=O)n3c(C)csc3n2)c([N+](=O)[O-])c1. The maximum Gasteiger partial charge on any atom is 0.338 e. The fourth-order valence-corrected chi connectivity index (χ4v) is 3.24. The number of carbonyl (C=O) groups excluding carboxylic acids is 1. The first-order valence-corrected chi connectivity index (χ1v) is 8.25. The topological polar surface area (TPSA) is 113 Å². The number of fused-ring (bicyclic) bond motifs is 1. The summed E-state index contributed by atoms with van der Waals surface area (Å²) in [6.45, 7) is 1.68. The predicted octanol–water partition coefficient (Wildman–Crippen LogP) is 2.34. The minimum absolute atomic E-state index is 0.0352. The molecule has 2 aromatic heterocycles. The number of thiazole rings is 1. The Balaban J connectivity index is 1.88. The third-order valence-corrected chi connectivity index (χ3v) is 4.52. The molecule has 134 valence electrons. The van der Waals surface area contributed by atoms with Crippen LogP contribution in [0.2, 0.25) is 0 Å². The van der Waals surface area contributed by atoms with Gasteiger partial charge in [0.2, 0.25) is 0 Å². The number of rotatable bonds is 5. The molecule has 0 aliphatic carbocycles. The van der Waals surface area contributed by atoms with Gasteiger partial charge in [0.15, 0.2) is 10.7 Å². The third kappa shape index (κ3) is 3.26. The third-order valence-electron chi connectivity index (χ3n) is 3.58. The van der Waals surface area contributed by atoms with Crippen LogP contribution in [0.1, 0.15) is 21.7 Å². The summed E-state index contributed by atoms with van der Waals surface area (Å²) < 4.78 is 11.5. The van der Waals surface area contributed by atoms with Crippen molar-refractivity contribution in [2.75, 3.05) is 7.11 Å². The van der Waals surface area contributed by atoms with Crippen molar-refractivity contribution in [3.63, 3.8) is 0 Å². The number of hydrogen-bond acceptors (Lipinski definition) is 8. The summed E-state index contributed by atoms with van der Waals surface area (Å²) in [5, 5.41) is 13.0. The largest absolute Gasteiger partial charge is 0.480 e. The number of aryl methyl sites for hydroxylation is 1. The first kappa shape index (κ1) is 17.5. The first-order valence-electron chi connectivity index (χ1n) is 7.37. The Morgan fingerprint density at radius 1 is 1.38 bits per heavy atom. The van der Waals surface area contributed by atoms with E-state index >= 15 is 0 Å². The van der Waals surface area contributed by atoms with Gasteiger partial charge in [-0.1, -0.05) is 0 Å². The van der Waals surface area contributed by atoms with Crippen LogP contribution < -0.4 is 10.3 Å². The van der Waals surface area contributed by atoms with Gasteiger partial charge in [0.25, 0.3) is 5.56 Å². The Kier molecular flexibility index (Phi) is 4.67. The minimum Gasteiger partial charge on any atom is -0.480 e. The number of ether oxygens (including phenoxy) is 2. The van der Waals surface area contributed by atoms with Crippen LogP contribution >= 0.6 is 11.3 Å². The normalized spacial score (nSPS) is 10.7.